The van der Waals surface area contributed by atoms with Crippen molar-refractivity contribution in [1.82, 2.24) is 5.32 Å². The molecule has 1 N–H and O–H groups in total. The lowest BCUT2D eigenvalue weighted by Gasteiger charge is -1.94. The Kier molecular flexibility index (Phi) is 2.33. The molecule has 0 aromatic heterocycles. The van der Waals surface area contributed by atoms with Crippen molar-refractivity contribution in [3.05, 3.63) is 41.2 Å². The SMILES string of the molecule is O=C1CC(=Cc2ccc(F)cc2)C(=O)N1. The third-order valence-corrected chi connectivity index (χ3v) is 2.11. The van der Waals surface area contributed by atoms with E-state index in [9.17, 15) is 14.0 Å². The number of halogens is 1. The van der Waals surface area contributed by atoms with Gasteiger partial charge in [0.15, 0.2) is 0 Å². The van der Waals surface area contributed by atoms with Gasteiger partial charge in [-0.05, 0) is 23.8 Å². The van der Waals surface area contributed by atoms with Gasteiger partial charge < -0.3 is 0 Å². The van der Waals surface area contributed by atoms with Gasteiger partial charge in [-0.15, -0.1) is 0 Å². The fraction of sp³-hybridized carbons (Fsp3) is 0.0909. The predicted molar refractivity (Wildman–Crippen MR) is 52.1 cm³/mol. The minimum Gasteiger partial charge on any atom is -0.292 e. The second-order valence-corrected chi connectivity index (χ2v) is 3.28. The molecular weight excluding hydrogens is 197 g/mol. The number of nitrogens with one attached hydrogen (secondary N) is 1. The van der Waals surface area contributed by atoms with Crippen LogP contribution < -0.4 is 5.32 Å². The van der Waals surface area contributed by atoms with Crippen LogP contribution >= 0.6 is 0 Å². The molecule has 1 aromatic rings. The number of benzene rings is 1. The number of carbonyl (C=O) groups excluding carboxylic acids is 2. The van der Waals surface area contributed by atoms with Crippen molar-refractivity contribution in [1.29, 1.82) is 0 Å². The highest BCUT2D eigenvalue weighted by atomic mass is 19.1. The Labute approximate surface area is 85.6 Å². The van der Waals surface area contributed by atoms with E-state index < -0.39 is 0 Å². The van der Waals surface area contributed by atoms with Crippen molar-refractivity contribution in [2.45, 2.75) is 6.42 Å². The van der Waals surface area contributed by atoms with E-state index in [0.29, 0.717) is 11.1 Å². The Morgan fingerprint density at radius 1 is 1.20 bits per heavy atom. The van der Waals surface area contributed by atoms with E-state index in [0.717, 1.165) is 0 Å². The Morgan fingerprint density at radius 2 is 1.87 bits per heavy atom. The van der Waals surface area contributed by atoms with Crippen molar-refractivity contribution < 1.29 is 14.0 Å². The maximum absolute atomic E-state index is 12.6. The van der Waals surface area contributed by atoms with Crippen LogP contribution in [0.25, 0.3) is 6.08 Å². The van der Waals surface area contributed by atoms with E-state index in [1.165, 1.54) is 12.1 Å². The number of imide groups is 1. The molecule has 1 aliphatic heterocycles. The van der Waals surface area contributed by atoms with Crippen LogP contribution in [-0.4, -0.2) is 11.8 Å². The molecule has 3 nitrogen and oxygen atoms in total. The molecule has 0 aliphatic carbocycles. The zero-order valence-electron chi connectivity index (χ0n) is 7.79. The van der Waals surface area contributed by atoms with Crippen LogP contribution in [-0.2, 0) is 9.59 Å². The first-order valence-electron chi connectivity index (χ1n) is 4.45. The van der Waals surface area contributed by atoms with Gasteiger partial charge in [-0.2, -0.15) is 0 Å². The molecular formula is C11H8FNO2. The molecule has 0 spiro atoms. The van der Waals surface area contributed by atoms with Crippen LogP contribution in [0.2, 0.25) is 0 Å². The minimum absolute atomic E-state index is 0.0935. The van der Waals surface area contributed by atoms with Crippen molar-refractivity contribution in [2.75, 3.05) is 0 Å². The van der Waals surface area contributed by atoms with Gasteiger partial charge in [0.2, 0.25) is 5.91 Å². The summed E-state index contributed by atoms with van der Waals surface area (Å²) in [5, 5.41) is 2.18. The number of carbonyl (C=O) groups is 2. The first-order valence-corrected chi connectivity index (χ1v) is 4.45. The third-order valence-electron chi connectivity index (χ3n) is 2.11. The highest BCUT2D eigenvalue weighted by molar-refractivity contribution is 6.15. The van der Waals surface area contributed by atoms with Crippen LogP contribution in [0.5, 0.6) is 0 Å². The van der Waals surface area contributed by atoms with Crippen molar-refractivity contribution in [2.24, 2.45) is 0 Å². The second kappa shape index (κ2) is 3.65. The van der Waals surface area contributed by atoms with E-state index in [-0.39, 0.29) is 24.1 Å². The molecule has 4 heteroatoms. The van der Waals surface area contributed by atoms with Crippen molar-refractivity contribution >= 4 is 17.9 Å². The van der Waals surface area contributed by atoms with Gasteiger partial charge >= 0.3 is 0 Å². The lowest BCUT2D eigenvalue weighted by molar-refractivity contribution is -0.124. The number of amides is 2. The highest BCUT2D eigenvalue weighted by Crippen LogP contribution is 2.14. The highest BCUT2D eigenvalue weighted by Gasteiger charge is 2.23. The minimum atomic E-state index is -0.371. The van der Waals surface area contributed by atoms with E-state index >= 15 is 0 Å². The van der Waals surface area contributed by atoms with Gasteiger partial charge in [0.25, 0.3) is 5.91 Å². The van der Waals surface area contributed by atoms with Crippen molar-refractivity contribution in [3.8, 4) is 0 Å². The monoisotopic (exact) mass is 205 g/mol. The largest absolute Gasteiger partial charge is 0.292 e. The maximum atomic E-state index is 12.6. The summed E-state index contributed by atoms with van der Waals surface area (Å²) in [7, 11) is 0. The number of hydrogen-bond acceptors (Lipinski definition) is 2. The van der Waals surface area contributed by atoms with E-state index in [1.807, 2.05) is 0 Å². The summed E-state index contributed by atoms with van der Waals surface area (Å²) >= 11 is 0. The van der Waals surface area contributed by atoms with Crippen LogP contribution in [0.3, 0.4) is 0 Å². The molecule has 0 saturated carbocycles. The Balaban J connectivity index is 2.27. The fourth-order valence-electron chi connectivity index (χ4n) is 1.38. The molecule has 2 rings (SSSR count). The first-order chi connectivity index (χ1) is 7.15. The first kappa shape index (κ1) is 9.58. The molecule has 2 amide bonds. The summed E-state index contributed by atoms with van der Waals surface area (Å²) < 4.78 is 12.6. The zero-order chi connectivity index (χ0) is 10.8. The van der Waals surface area contributed by atoms with Crippen LogP contribution in [0.15, 0.2) is 29.8 Å². The standard InChI is InChI=1S/C11H8FNO2/c12-9-3-1-7(2-4-9)5-8-6-10(14)13-11(8)15/h1-5H,6H2,(H,13,14,15). The summed E-state index contributed by atoms with van der Waals surface area (Å²) in [6.07, 6.45) is 1.68. The molecule has 0 bridgehead atoms. The third kappa shape index (κ3) is 2.10. The molecule has 0 unspecified atom stereocenters. The Hall–Kier alpha value is -1.97. The molecule has 1 aliphatic rings. The second-order valence-electron chi connectivity index (χ2n) is 3.28. The summed E-state index contributed by atoms with van der Waals surface area (Å²) in [6.45, 7) is 0. The summed E-state index contributed by atoms with van der Waals surface area (Å²) in [5.74, 6) is -0.998. The molecule has 0 radical (unpaired) electrons. The van der Waals surface area contributed by atoms with E-state index in [4.69, 9.17) is 0 Å². The lowest BCUT2D eigenvalue weighted by Crippen LogP contribution is -2.19. The van der Waals surface area contributed by atoms with Gasteiger partial charge in [0, 0.05) is 5.57 Å². The van der Waals surface area contributed by atoms with Gasteiger partial charge in [0.05, 0.1) is 6.42 Å². The molecule has 15 heavy (non-hydrogen) atoms. The predicted octanol–water partition coefficient (Wildman–Crippen LogP) is 1.26. The number of rotatable bonds is 1. The summed E-state index contributed by atoms with van der Waals surface area (Å²) in [5.41, 5.74) is 1.11. The van der Waals surface area contributed by atoms with Crippen molar-refractivity contribution in [3.63, 3.8) is 0 Å². The molecule has 1 saturated heterocycles. The zero-order valence-corrected chi connectivity index (χ0v) is 7.79. The topological polar surface area (TPSA) is 46.2 Å². The lowest BCUT2D eigenvalue weighted by atomic mass is 10.1. The summed E-state index contributed by atoms with van der Waals surface area (Å²) in [6, 6.07) is 5.72. The average molecular weight is 205 g/mol. The van der Waals surface area contributed by atoms with E-state index in [2.05, 4.69) is 5.32 Å². The Bertz CT molecular complexity index is 448. The van der Waals surface area contributed by atoms with Gasteiger partial charge in [-0.3, -0.25) is 14.9 Å². The van der Waals surface area contributed by atoms with Gasteiger partial charge in [-0.1, -0.05) is 12.1 Å². The molecule has 1 fully saturated rings. The normalized spacial score (nSPS) is 18.3. The van der Waals surface area contributed by atoms with Gasteiger partial charge in [-0.25, -0.2) is 4.39 Å². The molecule has 1 heterocycles. The molecule has 1 aromatic carbocycles. The molecule has 0 atom stereocenters. The average Bonchev–Trinajstić information content (AvgIpc) is 2.49. The number of hydrogen-bond donors (Lipinski definition) is 1. The quantitative estimate of drug-likeness (QED) is 0.554. The smallest absolute Gasteiger partial charge is 0.254 e. The van der Waals surface area contributed by atoms with Crippen LogP contribution in [0.1, 0.15) is 12.0 Å². The van der Waals surface area contributed by atoms with E-state index in [1.54, 1.807) is 18.2 Å². The molecule has 76 valence electrons. The summed E-state index contributed by atoms with van der Waals surface area (Å²) in [4.78, 5) is 22.1. The Morgan fingerprint density at radius 3 is 2.40 bits per heavy atom. The van der Waals surface area contributed by atoms with Crippen LogP contribution in [0, 0.1) is 5.82 Å². The maximum Gasteiger partial charge on any atom is 0.254 e. The fourth-order valence-corrected chi connectivity index (χ4v) is 1.38. The van der Waals surface area contributed by atoms with Gasteiger partial charge in [0.1, 0.15) is 5.82 Å². The van der Waals surface area contributed by atoms with Crippen LogP contribution in [0.4, 0.5) is 4.39 Å².